The normalized spacial score (nSPS) is 10.4. The van der Waals surface area contributed by atoms with E-state index in [1.807, 2.05) is 0 Å². The van der Waals surface area contributed by atoms with Crippen LogP contribution in [0.25, 0.3) is 0 Å². The summed E-state index contributed by atoms with van der Waals surface area (Å²) in [4.78, 5) is 7.79. The molecule has 0 unspecified atom stereocenters. The number of aromatic nitrogens is 2. The number of hydrogen-bond donors (Lipinski definition) is 1. The van der Waals surface area contributed by atoms with Crippen molar-refractivity contribution in [1.29, 1.82) is 0 Å². The lowest BCUT2D eigenvalue weighted by molar-refractivity contribution is 0.587. The van der Waals surface area contributed by atoms with Crippen molar-refractivity contribution in [2.75, 3.05) is 5.32 Å². The predicted octanol–water partition coefficient (Wildman–Crippen LogP) is 3.33. The molecule has 1 N–H and O–H groups in total. The molecule has 0 bridgehead atoms. The second kappa shape index (κ2) is 5.27. The number of anilines is 1. The lowest BCUT2D eigenvalue weighted by atomic mass is 10.2. The van der Waals surface area contributed by atoms with Crippen molar-refractivity contribution in [3.05, 3.63) is 52.4 Å². The molecule has 0 radical (unpaired) electrons. The maximum Gasteiger partial charge on any atom is 0.137 e. The molecular weight excluding hydrogens is 260 g/mol. The van der Waals surface area contributed by atoms with Gasteiger partial charge in [0.2, 0.25) is 0 Å². The number of halogens is 3. The van der Waals surface area contributed by atoms with Gasteiger partial charge in [0, 0.05) is 17.7 Å². The molecule has 2 aromatic rings. The minimum absolute atomic E-state index is 0.123. The van der Waals surface area contributed by atoms with Crippen molar-refractivity contribution in [3.8, 4) is 0 Å². The van der Waals surface area contributed by atoms with Crippen LogP contribution in [0.1, 0.15) is 11.1 Å². The molecule has 6 heteroatoms. The zero-order valence-electron chi connectivity index (χ0n) is 9.54. The Hall–Kier alpha value is -1.75. The minimum atomic E-state index is -0.481. The van der Waals surface area contributed by atoms with Gasteiger partial charge in [-0.1, -0.05) is 11.6 Å². The SMILES string of the molecule is Cc1c(Cl)ncnc1NCc1cc(F)ccc1F. The first-order valence-corrected chi connectivity index (χ1v) is 5.60. The largest absolute Gasteiger partial charge is 0.366 e. The van der Waals surface area contributed by atoms with Crippen LogP contribution in [0.2, 0.25) is 5.15 Å². The average Bonchev–Trinajstić information content (AvgIpc) is 2.35. The van der Waals surface area contributed by atoms with Gasteiger partial charge in [-0.3, -0.25) is 0 Å². The summed E-state index contributed by atoms with van der Waals surface area (Å²) < 4.78 is 26.4. The first kappa shape index (κ1) is 12.7. The molecule has 0 aliphatic carbocycles. The third-order valence-electron chi connectivity index (χ3n) is 2.48. The number of nitrogens with one attached hydrogen (secondary N) is 1. The topological polar surface area (TPSA) is 37.8 Å². The van der Waals surface area contributed by atoms with Crippen LogP contribution in [-0.2, 0) is 6.54 Å². The van der Waals surface area contributed by atoms with E-state index in [0.29, 0.717) is 16.5 Å². The highest BCUT2D eigenvalue weighted by atomic mass is 35.5. The molecule has 0 fully saturated rings. The van der Waals surface area contributed by atoms with Gasteiger partial charge >= 0.3 is 0 Å². The first-order valence-electron chi connectivity index (χ1n) is 5.23. The van der Waals surface area contributed by atoms with E-state index >= 15 is 0 Å². The lowest BCUT2D eigenvalue weighted by Crippen LogP contribution is -2.06. The second-order valence-electron chi connectivity index (χ2n) is 3.73. The minimum Gasteiger partial charge on any atom is -0.366 e. The van der Waals surface area contributed by atoms with E-state index in [2.05, 4.69) is 15.3 Å². The summed E-state index contributed by atoms with van der Waals surface area (Å²) in [7, 11) is 0. The van der Waals surface area contributed by atoms with Crippen molar-refractivity contribution >= 4 is 17.4 Å². The van der Waals surface area contributed by atoms with E-state index < -0.39 is 11.6 Å². The van der Waals surface area contributed by atoms with Gasteiger partial charge in [0.15, 0.2) is 0 Å². The summed E-state index contributed by atoms with van der Waals surface area (Å²) >= 11 is 5.83. The molecule has 0 spiro atoms. The van der Waals surface area contributed by atoms with Crippen molar-refractivity contribution in [1.82, 2.24) is 9.97 Å². The van der Waals surface area contributed by atoms with Crippen LogP contribution in [0, 0.1) is 18.6 Å². The first-order chi connectivity index (χ1) is 8.58. The van der Waals surface area contributed by atoms with E-state index in [4.69, 9.17) is 11.6 Å². The monoisotopic (exact) mass is 269 g/mol. The Labute approximate surface area is 108 Å². The fourth-order valence-electron chi connectivity index (χ4n) is 1.46. The molecule has 0 aliphatic rings. The molecule has 1 heterocycles. The third kappa shape index (κ3) is 2.73. The maximum atomic E-state index is 13.4. The molecule has 3 nitrogen and oxygen atoms in total. The number of benzene rings is 1. The zero-order chi connectivity index (χ0) is 13.1. The van der Waals surface area contributed by atoms with Crippen LogP contribution in [0.3, 0.4) is 0 Å². The Morgan fingerprint density at radius 1 is 1.28 bits per heavy atom. The van der Waals surface area contributed by atoms with Crippen LogP contribution in [0.15, 0.2) is 24.5 Å². The van der Waals surface area contributed by atoms with Gasteiger partial charge in [0.25, 0.3) is 0 Å². The van der Waals surface area contributed by atoms with Crippen LogP contribution < -0.4 is 5.32 Å². The summed E-state index contributed by atoms with van der Waals surface area (Å²) in [5.74, 6) is -0.453. The molecule has 0 saturated carbocycles. The van der Waals surface area contributed by atoms with Crippen molar-refractivity contribution in [3.63, 3.8) is 0 Å². The van der Waals surface area contributed by atoms with Crippen LogP contribution in [0.5, 0.6) is 0 Å². The number of hydrogen-bond acceptors (Lipinski definition) is 3. The lowest BCUT2D eigenvalue weighted by Gasteiger charge is -2.09. The van der Waals surface area contributed by atoms with Gasteiger partial charge in [-0.05, 0) is 25.1 Å². The second-order valence-corrected chi connectivity index (χ2v) is 4.09. The van der Waals surface area contributed by atoms with Crippen LogP contribution in [-0.4, -0.2) is 9.97 Å². The van der Waals surface area contributed by atoms with Crippen molar-refractivity contribution in [2.24, 2.45) is 0 Å². The summed E-state index contributed by atoms with van der Waals surface area (Å²) in [6, 6.07) is 3.30. The average molecular weight is 270 g/mol. The van der Waals surface area contributed by atoms with E-state index in [9.17, 15) is 8.78 Å². The molecule has 1 aromatic carbocycles. The molecule has 0 amide bonds. The Morgan fingerprint density at radius 2 is 2.06 bits per heavy atom. The quantitative estimate of drug-likeness (QED) is 0.869. The van der Waals surface area contributed by atoms with Crippen molar-refractivity contribution < 1.29 is 8.78 Å². The highest BCUT2D eigenvalue weighted by molar-refractivity contribution is 6.30. The molecule has 1 aromatic heterocycles. The fourth-order valence-corrected chi connectivity index (χ4v) is 1.60. The summed E-state index contributed by atoms with van der Waals surface area (Å²) in [6.45, 7) is 1.87. The highest BCUT2D eigenvalue weighted by Gasteiger charge is 2.07. The van der Waals surface area contributed by atoms with E-state index in [-0.39, 0.29) is 12.1 Å². The standard InChI is InChI=1S/C12H10ClF2N3/c1-7-11(13)17-6-18-12(7)16-5-8-4-9(14)2-3-10(8)15/h2-4,6H,5H2,1H3,(H,16,17,18). The molecule has 18 heavy (non-hydrogen) atoms. The number of rotatable bonds is 3. The summed E-state index contributed by atoms with van der Waals surface area (Å²) in [6.07, 6.45) is 1.31. The Bertz CT molecular complexity index is 573. The van der Waals surface area contributed by atoms with Gasteiger partial charge in [0.1, 0.15) is 28.9 Å². The summed E-state index contributed by atoms with van der Waals surface area (Å²) in [5, 5.41) is 3.22. The zero-order valence-corrected chi connectivity index (χ0v) is 10.3. The molecular formula is C12H10ClF2N3. The van der Waals surface area contributed by atoms with Gasteiger partial charge in [-0.2, -0.15) is 0 Å². The molecule has 0 saturated heterocycles. The van der Waals surface area contributed by atoms with E-state index in [0.717, 1.165) is 18.2 Å². The Kier molecular flexibility index (Phi) is 3.72. The summed E-state index contributed by atoms with van der Waals surface area (Å²) in [5.41, 5.74) is 0.889. The highest BCUT2D eigenvalue weighted by Crippen LogP contribution is 2.19. The predicted molar refractivity (Wildman–Crippen MR) is 65.5 cm³/mol. The van der Waals surface area contributed by atoms with Crippen LogP contribution >= 0.6 is 11.6 Å². The molecule has 2 rings (SSSR count). The Morgan fingerprint density at radius 3 is 2.83 bits per heavy atom. The van der Waals surface area contributed by atoms with Gasteiger partial charge in [-0.25, -0.2) is 18.7 Å². The fraction of sp³-hybridized carbons (Fsp3) is 0.167. The molecule has 0 atom stereocenters. The van der Waals surface area contributed by atoms with Gasteiger partial charge in [0.05, 0.1) is 0 Å². The van der Waals surface area contributed by atoms with E-state index in [1.54, 1.807) is 6.92 Å². The van der Waals surface area contributed by atoms with Crippen LogP contribution in [0.4, 0.5) is 14.6 Å². The number of nitrogens with zero attached hydrogens (tertiary/aromatic N) is 2. The van der Waals surface area contributed by atoms with Gasteiger partial charge in [-0.15, -0.1) is 0 Å². The van der Waals surface area contributed by atoms with Gasteiger partial charge < -0.3 is 5.32 Å². The van der Waals surface area contributed by atoms with E-state index in [1.165, 1.54) is 6.33 Å². The maximum absolute atomic E-state index is 13.4. The smallest absolute Gasteiger partial charge is 0.137 e. The third-order valence-corrected chi connectivity index (χ3v) is 2.86. The molecule has 0 aliphatic heterocycles. The van der Waals surface area contributed by atoms with Crippen molar-refractivity contribution in [2.45, 2.75) is 13.5 Å². The Balaban J connectivity index is 2.16. The molecule has 94 valence electrons.